The van der Waals surface area contributed by atoms with Gasteiger partial charge in [0.2, 0.25) is 0 Å². The van der Waals surface area contributed by atoms with Gasteiger partial charge in [-0.2, -0.15) is 0 Å². The monoisotopic (exact) mass is 238 g/mol. The molecule has 1 heterocycles. The molecule has 1 atom stereocenters. The number of rotatable bonds is 2. The van der Waals surface area contributed by atoms with Gasteiger partial charge in [0.05, 0.1) is 6.04 Å². The molecule has 1 aromatic rings. The molecule has 0 spiro atoms. The highest BCUT2D eigenvalue weighted by atomic mass is 35.5. The van der Waals surface area contributed by atoms with E-state index in [1.807, 2.05) is 43.0 Å². The second-order valence-corrected chi connectivity index (χ2v) is 4.68. The molecule has 2 amide bonds. The Kier molecular flexibility index (Phi) is 3.06. The lowest BCUT2D eigenvalue weighted by Gasteiger charge is -2.19. The van der Waals surface area contributed by atoms with Crippen molar-refractivity contribution in [1.29, 1.82) is 0 Å². The molecular formula is C12H15ClN2O. The van der Waals surface area contributed by atoms with Crippen LogP contribution in [0.5, 0.6) is 0 Å². The van der Waals surface area contributed by atoms with E-state index in [1.54, 1.807) is 0 Å². The van der Waals surface area contributed by atoms with E-state index in [4.69, 9.17) is 11.6 Å². The maximum atomic E-state index is 11.7. The number of nitrogens with one attached hydrogen (secondary N) is 1. The minimum Gasteiger partial charge on any atom is -0.329 e. The fourth-order valence-electron chi connectivity index (χ4n) is 1.94. The molecule has 1 aromatic carbocycles. The van der Waals surface area contributed by atoms with Crippen LogP contribution >= 0.6 is 11.6 Å². The van der Waals surface area contributed by atoms with Gasteiger partial charge < -0.3 is 10.2 Å². The summed E-state index contributed by atoms with van der Waals surface area (Å²) in [5, 5.41) is 3.65. The zero-order chi connectivity index (χ0) is 11.7. The number of carbonyl (C=O) groups is 1. The van der Waals surface area contributed by atoms with Crippen molar-refractivity contribution in [2.75, 3.05) is 6.54 Å². The van der Waals surface area contributed by atoms with E-state index in [9.17, 15) is 4.79 Å². The van der Waals surface area contributed by atoms with Gasteiger partial charge in [0.1, 0.15) is 0 Å². The first-order valence-corrected chi connectivity index (χ1v) is 5.79. The fraction of sp³-hybridized carbons (Fsp3) is 0.417. The largest absolute Gasteiger partial charge is 0.329 e. The molecule has 1 fully saturated rings. The standard InChI is InChI=1S/C12H15ClN2O/c1-8(2)15-7-11(14-12(15)16)9-5-3-4-6-10(9)13/h3-6,8,11H,7H2,1-2H3,(H,14,16). The van der Waals surface area contributed by atoms with Crippen LogP contribution < -0.4 is 5.32 Å². The van der Waals surface area contributed by atoms with Crippen molar-refractivity contribution in [2.24, 2.45) is 0 Å². The van der Waals surface area contributed by atoms with Crippen LogP contribution in [0.15, 0.2) is 24.3 Å². The summed E-state index contributed by atoms with van der Waals surface area (Å²) in [6.07, 6.45) is 0. The number of urea groups is 1. The molecule has 0 saturated carbocycles. The van der Waals surface area contributed by atoms with Crippen LogP contribution in [0, 0.1) is 0 Å². The van der Waals surface area contributed by atoms with Gasteiger partial charge in [-0.3, -0.25) is 0 Å². The quantitative estimate of drug-likeness (QED) is 0.844. The third kappa shape index (κ3) is 2.00. The predicted octanol–water partition coefficient (Wildman–Crippen LogP) is 2.81. The molecule has 1 aliphatic heterocycles. The Hall–Kier alpha value is -1.22. The lowest BCUT2D eigenvalue weighted by molar-refractivity contribution is 0.206. The van der Waals surface area contributed by atoms with E-state index >= 15 is 0 Å². The molecule has 1 saturated heterocycles. The van der Waals surface area contributed by atoms with Gasteiger partial charge in [-0.05, 0) is 25.5 Å². The van der Waals surface area contributed by atoms with E-state index in [-0.39, 0.29) is 18.1 Å². The van der Waals surface area contributed by atoms with E-state index < -0.39 is 0 Å². The average Bonchev–Trinajstić information content (AvgIpc) is 2.61. The normalized spacial score (nSPS) is 20.4. The van der Waals surface area contributed by atoms with Crippen LogP contribution in [0.1, 0.15) is 25.5 Å². The number of halogens is 1. The highest BCUT2D eigenvalue weighted by molar-refractivity contribution is 6.31. The number of nitrogens with zero attached hydrogens (tertiary/aromatic N) is 1. The summed E-state index contributed by atoms with van der Waals surface area (Å²) in [6.45, 7) is 4.70. The van der Waals surface area contributed by atoms with Crippen molar-refractivity contribution in [3.05, 3.63) is 34.9 Å². The summed E-state index contributed by atoms with van der Waals surface area (Å²) in [5.41, 5.74) is 0.987. The van der Waals surface area contributed by atoms with Crippen molar-refractivity contribution >= 4 is 17.6 Å². The number of hydrogen-bond acceptors (Lipinski definition) is 1. The van der Waals surface area contributed by atoms with Crippen LogP contribution in [0.25, 0.3) is 0 Å². The molecule has 0 aliphatic carbocycles. The first-order chi connectivity index (χ1) is 7.59. The lowest BCUT2D eigenvalue weighted by Crippen LogP contribution is -2.33. The molecule has 16 heavy (non-hydrogen) atoms. The van der Waals surface area contributed by atoms with E-state index in [1.165, 1.54) is 0 Å². The second-order valence-electron chi connectivity index (χ2n) is 4.27. The molecule has 3 nitrogen and oxygen atoms in total. The maximum Gasteiger partial charge on any atom is 0.318 e. The average molecular weight is 239 g/mol. The highest BCUT2D eigenvalue weighted by Gasteiger charge is 2.31. The topological polar surface area (TPSA) is 32.3 Å². The van der Waals surface area contributed by atoms with E-state index in [0.29, 0.717) is 11.6 Å². The second kappa shape index (κ2) is 4.34. The number of amides is 2. The molecule has 0 bridgehead atoms. The van der Waals surface area contributed by atoms with E-state index in [2.05, 4.69) is 5.32 Å². The SMILES string of the molecule is CC(C)N1CC(c2ccccc2Cl)NC1=O. The number of carbonyl (C=O) groups excluding carboxylic acids is 1. The molecular weight excluding hydrogens is 224 g/mol. The Morgan fingerprint density at radius 1 is 1.44 bits per heavy atom. The van der Waals surface area contributed by atoms with Crippen LogP contribution in [0.3, 0.4) is 0 Å². The molecule has 0 aromatic heterocycles. The van der Waals surface area contributed by atoms with Crippen molar-refractivity contribution in [2.45, 2.75) is 25.9 Å². The first kappa shape index (κ1) is 11.3. The van der Waals surface area contributed by atoms with Gasteiger partial charge in [-0.15, -0.1) is 0 Å². The summed E-state index contributed by atoms with van der Waals surface area (Å²) in [7, 11) is 0. The summed E-state index contributed by atoms with van der Waals surface area (Å²) in [4.78, 5) is 13.5. The minimum atomic E-state index is -0.0140. The summed E-state index contributed by atoms with van der Waals surface area (Å²) in [6, 6.07) is 7.84. The third-order valence-corrected chi connectivity index (χ3v) is 3.19. The van der Waals surface area contributed by atoms with Gasteiger partial charge >= 0.3 is 6.03 Å². The zero-order valence-corrected chi connectivity index (χ0v) is 10.2. The lowest BCUT2D eigenvalue weighted by atomic mass is 10.1. The summed E-state index contributed by atoms with van der Waals surface area (Å²) in [5.74, 6) is 0. The van der Waals surface area contributed by atoms with Crippen molar-refractivity contribution < 1.29 is 4.79 Å². The zero-order valence-electron chi connectivity index (χ0n) is 9.40. The molecule has 4 heteroatoms. The Morgan fingerprint density at radius 3 is 2.69 bits per heavy atom. The molecule has 0 radical (unpaired) electrons. The van der Waals surface area contributed by atoms with Crippen molar-refractivity contribution in [3.8, 4) is 0 Å². The van der Waals surface area contributed by atoms with Gasteiger partial charge in [-0.1, -0.05) is 29.8 Å². The summed E-state index contributed by atoms with van der Waals surface area (Å²) >= 11 is 6.11. The van der Waals surface area contributed by atoms with E-state index in [0.717, 1.165) is 5.56 Å². The number of benzene rings is 1. The van der Waals surface area contributed by atoms with Gasteiger partial charge in [-0.25, -0.2) is 4.79 Å². The van der Waals surface area contributed by atoms with Crippen LogP contribution in [-0.4, -0.2) is 23.5 Å². The minimum absolute atomic E-state index is 0.00333. The Balaban J connectivity index is 2.20. The Labute approximate surface area is 100 Å². The highest BCUT2D eigenvalue weighted by Crippen LogP contribution is 2.27. The van der Waals surface area contributed by atoms with Gasteiger partial charge in [0, 0.05) is 17.6 Å². The molecule has 86 valence electrons. The first-order valence-electron chi connectivity index (χ1n) is 5.41. The molecule has 1 aliphatic rings. The van der Waals surface area contributed by atoms with Crippen LogP contribution in [-0.2, 0) is 0 Å². The third-order valence-electron chi connectivity index (χ3n) is 2.84. The van der Waals surface area contributed by atoms with Crippen molar-refractivity contribution in [3.63, 3.8) is 0 Å². The van der Waals surface area contributed by atoms with Gasteiger partial charge in [0.25, 0.3) is 0 Å². The van der Waals surface area contributed by atoms with Crippen molar-refractivity contribution in [1.82, 2.24) is 10.2 Å². The van der Waals surface area contributed by atoms with Crippen LogP contribution in [0.2, 0.25) is 5.02 Å². The van der Waals surface area contributed by atoms with Crippen LogP contribution in [0.4, 0.5) is 4.79 Å². The molecule has 1 unspecified atom stereocenters. The predicted molar refractivity (Wildman–Crippen MR) is 64.6 cm³/mol. The Morgan fingerprint density at radius 2 is 2.12 bits per heavy atom. The molecule has 1 N–H and O–H groups in total. The fourth-order valence-corrected chi connectivity index (χ4v) is 2.20. The summed E-state index contributed by atoms with van der Waals surface area (Å²) < 4.78 is 0. The maximum absolute atomic E-state index is 11.7. The van der Waals surface area contributed by atoms with Gasteiger partial charge in [0.15, 0.2) is 0 Å². The smallest absolute Gasteiger partial charge is 0.318 e. The number of hydrogen-bond donors (Lipinski definition) is 1. The molecule has 2 rings (SSSR count). The Bertz CT molecular complexity index is 406.